The molecule has 5 nitrogen and oxygen atoms in total. The number of nitrogens with zero attached hydrogens (tertiary/aromatic N) is 3. The highest BCUT2D eigenvalue weighted by atomic mass is 127. The summed E-state index contributed by atoms with van der Waals surface area (Å²) < 4.78 is 0. The minimum Gasteiger partial charge on any atom is -0.352 e. The summed E-state index contributed by atoms with van der Waals surface area (Å²) in [4.78, 5) is 20.6. The van der Waals surface area contributed by atoms with Crippen LogP contribution < -0.4 is 5.32 Å². The minimum absolute atomic E-state index is 0. The topological polar surface area (TPSA) is 47.9 Å². The predicted octanol–water partition coefficient (Wildman–Crippen LogP) is 3.23. The van der Waals surface area contributed by atoms with Crippen LogP contribution in [0.1, 0.15) is 44.2 Å². The average Bonchev–Trinajstić information content (AvgIpc) is 3.14. The second kappa shape index (κ2) is 9.06. The maximum Gasteiger partial charge on any atom is 0.222 e. The van der Waals surface area contributed by atoms with E-state index in [1.165, 1.54) is 17.5 Å². The van der Waals surface area contributed by atoms with Crippen LogP contribution in [0, 0.1) is 5.41 Å². The molecule has 26 heavy (non-hydrogen) atoms. The predicted molar refractivity (Wildman–Crippen MR) is 117 cm³/mol. The zero-order valence-corrected chi connectivity index (χ0v) is 18.5. The van der Waals surface area contributed by atoms with E-state index < -0.39 is 0 Å². The van der Waals surface area contributed by atoms with Gasteiger partial charge in [-0.2, -0.15) is 0 Å². The van der Waals surface area contributed by atoms with Gasteiger partial charge in [-0.15, -0.1) is 24.0 Å². The molecule has 0 saturated carbocycles. The Hall–Kier alpha value is -1.31. The molecule has 1 aromatic carbocycles. The fourth-order valence-corrected chi connectivity index (χ4v) is 3.74. The molecule has 0 bridgehead atoms. The molecule has 3 rings (SSSR count). The van der Waals surface area contributed by atoms with Gasteiger partial charge >= 0.3 is 0 Å². The van der Waals surface area contributed by atoms with Gasteiger partial charge in [0.15, 0.2) is 5.96 Å². The molecule has 2 fully saturated rings. The van der Waals surface area contributed by atoms with Gasteiger partial charge in [-0.05, 0) is 29.4 Å². The second-order valence-corrected chi connectivity index (χ2v) is 7.98. The lowest BCUT2D eigenvalue weighted by Crippen LogP contribution is -2.40. The highest BCUT2D eigenvalue weighted by Gasteiger charge is 2.30. The highest BCUT2D eigenvalue weighted by Crippen LogP contribution is 2.28. The number of amides is 1. The number of rotatable bonds is 4. The zero-order valence-electron chi connectivity index (χ0n) is 16.1. The molecule has 6 heteroatoms. The van der Waals surface area contributed by atoms with E-state index in [2.05, 4.69) is 53.3 Å². The Morgan fingerprint density at radius 1 is 1.27 bits per heavy atom. The molecule has 2 heterocycles. The summed E-state index contributed by atoms with van der Waals surface area (Å²) in [6.07, 6.45) is 2.89. The van der Waals surface area contributed by atoms with Crippen molar-refractivity contribution >= 4 is 35.8 Å². The molecule has 1 N–H and O–H groups in total. The first-order valence-electron chi connectivity index (χ1n) is 9.28. The lowest BCUT2D eigenvalue weighted by molar-refractivity contribution is -0.128. The lowest BCUT2D eigenvalue weighted by Gasteiger charge is -2.24. The number of hydrogen-bond acceptors (Lipinski definition) is 2. The van der Waals surface area contributed by atoms with E-state index >= 15 is 0 Å². The molecule has 0 radical (unpaired) electrons. The van der Waals surface area contributed by atoms with Crippen LogP contribution in [0.15, 0.2) is 29.3 Å². The van der Waals surface area contributed by atoms with Crippen LogP contribution in [0.2, 0.25) is 0 Å². The van der Waals surface area contributed by atoms with E-state index in [1.807, 2.05) is 11.9 Å². The van der Waals surface area contributed by atoms with Crippen LogP contribution in [0.5, 0.6) is 0 Å². The van der Waals surface area contributed by atoms with Crippen molar-refractivity contribution in [2.24, 2.45) is 10.4 Å². The molecule has 0 aliphatic carbocycles. The quantitative estimate of drug-likeness (QED) is 0.418. The molecular weight excluding hydrogens is 439 g/mol. The molecule has 0 unspecified atom stereocenters. The number of nitrogens with one attached hydrogen (secondary N) is 1. The fourth-order valence-electron chi connectivity index (χ4n) is 3.74. The number of carbonyl (C=O) groups excluding carboxylic acids is 1. The summed E-state index contributed by atoms with van der Waals surface area (Å²) in [6, 6.07) is 8.50. The van der Waals surface area contributed by atoms with Gasteiger partial charge in [0.25, 0.3) is 0 Å². The van der Waals surface area contributed by atoms with E-state index in [1.54, 1.807) is 0 Å². The maximum atomic E-state index is 11.8. The minimum atomic E-state index is 0. The standard InChI is InChI=1S/C20H30N4O.HI/c1-20(2)9-11-24(15-20)19(21-3)22-13-16-6-4-7-17(12-16)14-23-10-5-8-18(23)25;/h4,6-7,12H,5,8-11,13-15H2,1-3H3,(H,21,22);1H. The Kier molecular flexibility index (Phi) is 7.32. The molecule has 1 amide bonds. The lowest BCUT2D eigenvalue weighted by atomic mass is 9.93. The van der Waals surface area contributed by atoms with Gasteiger partial charge in [0, 0.05) is 46.2 Å². The van der Waals surface area contributed by atoms with E-state index in [-0.39, 0.29) is 29.9 Å². The molecular formula is C20H31IN4O. The van der Waals surface area contributed by atoms with Crippen molar-refractivity contribution in [2.45, 2.75) is 46.2 Å². The van der Waals surface area contributed by atoms with Crippen LogP contribution >= 0.6 is 24.0 Å². The summed E-state index contributed by atoms with van der Waals surface area (Å²) in [5, 5.41) is 3.49. The highest BCUT2D eigenvalue weighted by molar-refractivity contribution is 14.0. The Morgan fingerprint density at radius 3 is 2.65 bits per heavy atom. The van der Waals surface area contributed by atoms with E-state index in [9.17, 15) is 4.79 Å². The summed E-state index contributed by atoms with van der Waals surface area (Å²) >= 11 is 0. The first-order chi connectivity index (χ1) is 12.0. The van der Waals surface area contributed by atoms with Crippen LogP contribution in [-0.4, -0.2) is 48.3 Å². The van der Waals surface area contributed by atoms with Gasteiger partial charge in [-0.25, -0.2) is 0 Å². The number of guanidine groups is 1. The number of halogens is 1. The monoisotopic (exact) mass is 470 g/mol. The van der Waals surface area contributed by atoms with E-state index in [4.69, 9.17) is 0 Å². The molecule has 0 aromatic heterocycles. The largest absolute Gasteiger partial charge is 0.352 e. The third-order valence-corrected chi connectivity index (χ3v) is 5.18. The number of carbonyl (C=O) groups is 1. The van der Waals surface area contributed by atoms with Crippen LogP contribution in [0.25, 0.3) is 0 Å². The van der Waals surface area contributed by atoms with Gasteiger partial charge in [-0.1, -0.05) is 38.1 Å². The SMILES string of the molecule is CN=C(NCc1cccc(CN2CCCC2=O)c1)N1CCC(C)(C)C1.I. The summed E-state index contributed by atoms with van der Waals surface area (Å²) in [5.41, 5.74) is 2.79. The molecule has 144 valence electrons. The molecule has 2 aliphatic rings. The van der Waals surface area contributed by atoms with Crippen molar-refractivity contribution in [1.29, 1.82) is 0 Å². The first-order valence-corrected chi connectivity index (χ1v) is 9.28. The number of aliphatic imine (C=N–C) groups is 1. The second-order valence-electron chi connectivity index (χ2n) is 7.98. The summed E-state index contributed by atoms with van der Waals surface area (Å²) in [6.45, 7) is 9.09. The Labute approximate surface area is 174 Å². The molecule has 0 atom stereocenters. The molecule has 0 spiro atoms. The van der Waals surface area contributed by atoms with Crippen molar-refractivity contribution < 1.29 is 4.79 Å². The van der Waals surface area contributed by atoms with Crippen molar-refractivity contribution in [3.63, 3.8) is 0 Å². The van der Waals surface area contributed by atoms with Crippen molar-refractivity contribution in [3.05, 3.63) is 35.4 Å². The Balaban J connectivity index is 0.00000243. The first kappa shape index (κ1) is 21.0. The van der Waals surface area contributed by atoms with Crippen molar-refractivity contribution in [3.8, 4) is 0 Å². The fraction of sp³-hybridized carbons (Fsp3) is 0.600. The maximum absolute atomic E-state index is 11.8. The molecule has 2 aliphatic heterocycles. The van der Waals surface area contributed by atoms with Gasteiger partial charge < -0.3 is 15.1 Å². The third kappa shape index (κ3) is 5.34. The molecule has 2 saturated heterocycles. The summed E-state index contributed by atoms with van der Waals surface area (Å²) in [7, 11) is 1.85. The normalized spacial score (nSPS) is 19.7. The average molecular weight is 470 g/mol. The number of likely N-dealkylation sites (tertiary alicyclic amines) is 2. The van der Waals surface area contributed by atoms with Gasteiger partial charge in [0.1, 0.15) is 0 Å². The van der Waals surface area contributed by atoms with Gasteiger partial charge in [0.2, 0.25) is 5.91 Å². The molecule has 1 aromatic rings. The van der Waals surface area contributed by atoms with Crippen molar-refractivity contribution in [1.82, 2.24) is 15.1 Å². The Bertz CT molecular complexity index is 659. The number of hydrogen-bond donors (Lipinski definition) is 1. The van der Waals surface area contributed by atoms with Gasteiger partial charge in [0.05, 0.1) is 0 Å². The van der Waals surface area contributed by atoms with E-state index in [0.29, 0.717) is 11.8 Å². The van der Waals surface area contributed by atoms with Crippen LogP contribution in [0.3, 0.4) is 0 Å². The van der Waals surface area contributed by atoms with Crippen molar-refractivity contribution in [2.75, 3.05) is 26.7 Å². The number of benzene rings is 1. The van der Waals surface area contributed by atoms with Crippen LogP contribution in [0.4, 0.5) is 0 Å². The smallest absolute Gasteiger partial charge is 0.222 e. The summed E-state index contributed by atoms with van der Waals surface area (Å²) in [5.74, 6) is 1.26. The Morgan fingerprint density at radius 2 is 2.04 bits per heavy atom. The van der Waals surface area contributed by atoms with E-state index in [0.717, 1.165) is 45.1 Å². The third-order valence-electron chi connectivity index (χ3n) is 5.18. The zero-order chi connectivity index (χ0) is 17.9. The van der Waals surface area contributed by atoms with Crippen LogP contribution in [-0.2, 0) is 17.9 Å². The van der Waals surface area contributed by atoms with Gasteiger partial charge in [-0.3, -0.25) is 9.79 Å².